The lowest BCUT2D eigenvalue weighted by atomic mass is 10.2. The maximum absolute atomic E-state index is 12.4. The highest BCUT2D eigenvalue weighted by molar-refractivity contribution is 7.90. The summed E-state index contributed by atoms with van der Waals surface area (Å²) in [5, 5.41) is 13.8. The Kier molecular flexibility index (Phi) is 6.57. The van der Waals surface area contributed by atoms with E-state index in [2.05, 4.69) is 30.2 Å². The molecule has 31 heavy (non-hydrogen) atoms. The number of nitrogens with zero attached hydrogens (tertiary/aromatic N) is 4. The quantitative estimate of drug-likeness (QED) is 0.327. The zero-order valence-electron chi connectivity index (χ0n) is 16.2. The van der Waals surface area contributed by atoms with Crippen molar-refractivity contribution < 1.29 is 13.2 Å². The Morgan fingerprint density at radius 3 is 2.32 bits per heavy atom. The van der Waals surface area contributed by atoms with E-state index in [0.717, 1.165) is 5.56 Å². The van der Waals surface area contributed by atoms with Gasteiger partial charge in [0.1, 0.15) is 5.01 Å². The van der Waals surface area contributed by atoms with Crippen LogP contribution >= 0.6 is 11.3 Å². The highest BCUT2D eigenvalue weighted by Gasteiger charge is 2.14. The van der Waals surface area contributed by atoms with Gasteiger partial charge in [0.25, 0.3) is 10.0 Å². The second-order valence-electron chi connectivity index (χ2n) is 6.04. The van der Waals surface area contributed by atoms with Gasteiger partial charge in [-0.3, -0.25) is 10.1 Å². The van der Waals surface area contributed by atoms with Crippen LogP contribution in [0.25, 0.3) is 10.6 Å². The number of aliphatic imine (C=N–C) groups is 1. The second kappa shape index (κ2) is 9.32. The van der Waals surface area contributed by atoms with E-state index in [1.807, 2.05) is 30.3 Å². The number of carbonyl (C=O) groups is 1. The molecular formula is C18H18N8O3S2. The lowest BCUT2D eigenvalue weighted by Gasteiger charge is -2.05. The number of nitrogens with two attached hydrogens (primary N) is 2. The summed E-state index contributed by atoms with van der Waals surface area (Å²) in [7, 11) is -4.10. The maximum Gasteiger partial charge on any atom is 0.285 e. The summed E-state index contributed by atoms with van der Waals surface area (Å²) in [6.45, 7) is 1.34. The Labute approximate surface area is 182 Å². The van der Waals surface area contributed by atoms with Crippen molar-refractivity contribution in [3.05, 3.63) is 54.6 Å². The molecule has 0 fully saturated rings. The first kappa shape index (κ1) is 21.9. The number of carbonyl (C=O) groups excluding carboxylic acids is 1. The number of aromatic nitrogens is 2. The number of anilines is 1. The number of rotatable bonds is 5. The standard InChI is InChI=1S/C18H18N8O3S2/c1-11(27)21-13-7-9-14(10-8-13)31(28,29)26-17(20)22-16(19)23-18-25-24-15(30-18)12-5-3-2-4-6-12/h2-10H,1H3,(H,21,27)(H5,19,20,22,23,25,26). The molecule has 2 aromatic carbocycles. The molecule has 0 saturated carbocycles. The van der Waals surface area contributed by atoms with Crippen molar-refractivity contribution in [3.8, 4) is 10.6 Å². The maximum atomic E-state index is 12.4. The number of nitrogens with one attached hydrogen (secondary N) is 2. The summed E-state index contributed by atoms with van der Waals surface area (Å²) in [6, 6.07) is 14.9. The van der Waals surface area contributed by atoms with Crippen LogP contribution in [0.2, 0.25) is 0 Å². The van der Waals surface area contributed by atoms with E-state index in [1.54, 1.807) is 0 Å². The van der Waals surface area contributed by atoms with E-state index in [9.17, 15) is 13.2 Å². The molecule has 0 aliphatic carbocycles. The molecule has 1 aromatic heterocycles. The van der Waals surface area contributed by atoms with Crippen LogP contribution < -0.4 is 22.1 Å². The van der Waals surface area contributed by atoms with Gasteiger partial charge in [0, 0.05) is 18.2 Å². The fourth-order valence-electron chi connectivity index (χ4n) is 2.34. The highest BCUT2D eigenvalue weighted by atomic mass is 32.2. The smallest absolute Gasteiger partial charge is 0.285 e. The summed E-state index contributed by atoms with van der Waals surface area (Å²) < 4.78 is 28.2. The van der Waals surface area contributed by atoms with Crippen LogP contribution in [0.5, 0.6) is 0 Å². The molecule has 0 radical (unpaired) electrons. The first-order valence-corrected chi connectivity index (χ1v) is 11.0. The molecule has 0 bridgehead atoms. The van der Waals surface area contributed by atoms with Gasteiger partial charge in [-0.25, -0.2) is 0 Å². The number of hydrogen-bond donors (Lipinski definition) is 4. The first-order chi connectivity index (χ1) is 14.7. The molecule has 0 saturated heterocycles. The van der Waals surface area contributed by atoms with E-state index in [-0.39, 0.29) is 21.9 Å². The zero-order chi connectivity index (χ0) is 22.4. The number of sulfonamides is 1. The van der Waals surface area contributed by atoms with E-state index in [4.69, 9.17) is 11.5 Å². The van der Waals surface area contributed by atoms with Gasteiger partial charge in [0.05, 0.1) is 4.90 Å². The van der Waals surface area contributed by atoms with Gasteiger partial charge in [-0.1, -0.05) is 41.7 Å². The monoisotopic (exact) mass is 458 g/mol. The first-order valence-electron chi connectivity index (χ1n) is 8.71. The van der Waals surface area contributed by atoms with Gasteiger partial charge in [0.2, 0.25) is 23.0 Å². The molecule has 0 aliphatic heterocycles. The van der Waals surface area contributed by atoms with Crippen LogP contribution in [0.15, 0.2) is 68.9 Å². The van der Waals surface area contributed by atoms with Gasteiger partial charge in [0.15, 0.2) is 0 Å². The van der Waals surface area contributed by atoms with Gasteiger partial charge in [-0.15, -0.1) is 14.6 Å². The summed E-state index contributed by atoms with van der Waals surface area (Å²) in [4.78, 5) is 14.9. The van der Waals surface area contributed by atoms with Gasteiger partial charge in [-0.05, 0) is 24.3 Å². The van der Waals surface area contributed by atoms with E-state index in [1.165, 1.54) is 42.5 Å². The van der Waals surface area contributed by atoms with E-state index < -0.39 is 16.0 Å². The van der Waals surface area contributed by atoms with Gasteiger partial charge < -0.3 is 16.8 Å². The molecule has 0 atom stereocenters. The molecule has 1 amide bonds. The van der Waals surface area contributed by atoms with Gasteiger partial charge >= 0.3 is 0 Å². The van der Waals surface area contributed by atoms with Crippen LogP contribution in [0, 0.1) is 0 Å². The fraction of sp³-hybridized carbons (Fsp3) is 0.0556. The molecule has 13 heteroatoms. The summed E-state index contributed by atoms with van der Waals surface area (Å²) in [5.41, 5.74) is 12.7. The third-order valence-electron chi connectivity index (χ3n) is 3.60. The topological polar surface area (TPSA) is 178 Å². The third kappa shape index (κ3) is 6.07. The van der Waals surface area contributed by atoms with Crippen molar-refractivity contribution in [1.82, 2.24) is 15.5 Å². The molecule has 0 unspecified atom stereocenters. The summed E-state index contributed by atoms with van der Waals surface area (Å²) in [6.07, 6.45) is 0. The van der Waals surface area contributed by atoms with Crippen molar-refractivity contribution in [3.63, 3.8) is 0 Å². The van der Waals surface area contributed by atoms with Crippen molar-refractivity contribution in [2.45, 2.75) is 11.8 Å². The molecule has 0 spiro atoms. The zero-order valence-corrected chi connectivity index (χ0v) is 17.8. The number of amides is 1. The van der Waals surface area contributed by atoms with Crippen LogP contribution in [0.4, 0.5) is 10.8 Å². The largest absolute Gasteiger partial charge is 0.369 e. The van der Waals surface area contributed by atoms with Crippen molar-refractivity contribution in [2.24, 2.45) is 20.9 Å². The van der Waals surface area contributed by atoms with Crippen molar-refractivity contribution >= 4 is 50.0 Å². The Hall–Kier alpha value is -3.84. The fourth-order valence-corrected chi connectivity index (χ4v) is 3.96. The normalized spacial score (nSPS) is 12.4. The van der Waals surface area contributed by atoms with Gasteiger partial charge in [-0.2, -0.15) is 13.4 Å². The predicted molar refractivity (Wildman–Crippen MR) is 119 cm³/mol. The Balaban J connectivity index is 1.70. The average Bonchev–Trinajstić information content (AvgIpc) is 3.16. The molecule has 3 aromatic rings. The minimum Gasteiger partial charge on any atom is -0.369 e. The Morgan fingerprint density at radius 1 is 1.00 bits per heavy atom. The number of benzene rings is 2. The Bertz CT molecular complexity index is 1240. The lowest BCUT2D eigenvalue weighted by Crippen LogP contribution is -2.41. The molecule has 3 rings (SSSR count). The highest BCUT2D eigenvalue weighted by Crippen LogP contribution is 2.27. The average molecular weight is 459 g/mol. The van der Waals surface area contributed by atoms with Crippen LogP contribution in [0.3, 0.4) is 0 Å². The molecule has 1 heterocycles. The van der Waals surface area contributed by atoms with Crippen molar-refractivity contribution in [2.75, 3.05) is 5.32 Å². The molecular weight excluding hydrogens is 440 g/mol. The second-order valence-corrected chi connectivity index (χ2v) is 8.60. The Morgan fingerprint density at radius 2 is 1.68 bits per heavy atom. The third-order valence-corrected chi connectivity index (χ3v) is 5.77. The molecule has 11 nitrogen and oxygen atoms in total. The predicted octanol–water partition coefficient (Wildman–Crippen LogP) is 1.40. The summed E-state index contributed by atoms with van der Waals surface area (Å²) >= 11 is 1.20. The molecule has 160 valence electrons. The lowest BCUT2D eigenvalue weighted by molar-refractivity contribution is -0.114. The number of hydrogen-bond acceptors (Lipinski definition) is 7. The number of guanidine groups is 2. The van der Waals surface area contributed by atoms with Crippen molar-refractivity contribution in [1.29, 1.82) is 0 Å². The minimum absolute atomic E-state index is 0.113. The van der Waals surface area contributed by atoms with E-state index >= 15 is 0 Å². The molecule has 6 N–H and O–H groups in total. The minimum atomic E-state index is -4.10. The van der Waals surface area contributed by atoms with E-state index in [0.29, 0.717) is 10.7 Å². The summed E-state index contributed by atoms with van der Waals surface area (Å²) in [5.74, 6) is -0.948. The molecule has 0 aliphatic rings. The SMILES string of the molecule is CC(=O)Nc1ccc(S(=O)(=O)/N=C(\N)N/C(N)=N/c2nnc(-c3ccccc3)s2)cc1. The van der Waals surface area contributed by atoms with Crippen LogP contribution in [-0.2, 0) is 14.8 Å². The van der Waals surface area contributed by atoms with Crippen LogP contribution in [0.1, 0.15) is 6.92 Å². The van der Waals surface area contributed by atoms with Crippen LogP contribution in [-0.4, -0.2) is 36.4 Å².